The summed E-state index contributed by atoms with van der Waals surface area (Å²) >= 11 is 0. The van der Waals surface area contributed by atoms with Gasteiger partial charge < -0.3 is 5.11 Å². The van der Waals surface area contributed by atoms with Crippen molar-refractivity contribution in [2.45, 2.75) is 79.1 Å². The quantitative estimate of drug-likeness (QED) is 0.591. The van der Waals surface area contributed by atoms with Gasteiger partial charge in [-0.15, -0.1) is 0 Å². The zero-order valence-electron chi connectivity index (χ0n) is 17.8. The molecule has 0 saturated heterocycles. The van der Waals surface area contributed by atoms with Gasteiger partial charge in [0.05, 0.1) is 0 Å². The molecule has 3 aliphatic rings. The Balaban J connectivity index is 2.01. The molecule has 142 valence electrons. The highest BCUT2D eigenvalue weighted by Gasteiger charge is 2.50. The van der Waals surface area contributed by atoms with Crippen LogP contribution in [-0.2, 0) is 10.8 Å². The van der Waals surface area contributed by atoms with Gasteiger partial charge in [-0.1, -0.05) is 67.5 Å². The number of benzene rings is 1. The van der Waals surface area contributed by atoms with Crippen LogP contribution in [0.5, 0.6) is 5.75 Å². The van der Waals surface area contributed by atoms with E-state index in [0.29, 0.717) is 22.8 Å². The number of allylic oxidation sites excluding steroid dienone is 2. The van der Waals surface area contributed by atoms with Crippen LogP contribution in [-0.4, -0.2) is 11.3 Å². The van der Waals surface area contributed by atoms with Gasteiger partial charge in [-0.3, -0.25) is 4.99 Å². The van der Waals surface area contributed by atoms with Gasteiger partial charge in [0.1, 0.15) is 11.4 Å². The van der Waals surface area contributed by atoms with Gasteiger partial charge in [-0.05, 0) is 58.1 Å². The molecule has 1 fully saturated rings. The first-order valence-corrected chi connectivity index (χ1v) is 9.94. The number of phenols is 1. The molecule has 0 heterocycles. The number of hydrogen-bond donors (Lipinski definition) is 1. The first kappa shape index (κ1) is 19.2. The molecule has 0 spiro atoms. The average molecular weight is 354 g/mol. The second kappa shape index (κ2) is 5.97. The molecule has 4 rings (SSSR count). The molecule has 0 aliphatic heterocycles. The molecule has 1 aromatic rings. The summed E-state index contributed by atoms with van der Waals surface area (Å²) in [6, 6.07) is 4.20. The normalized spacial score (nSPS) is 25.2. The molecular weight excluding hydrogens is 318 g/mol. The molecular formula is C24H35NO. The Labute approximate surface area is 159 Å². The fraction of sp³-hybridized carbons (Fsp3) is 0.625. The summed E-state index contributed by atoms with van der Waals surface area (Å²) in [5.41, 5.74) is 4.52. The highest BCUT2D eigenvalue weighted by atomic mass is 16.3. The van der Waals surface area contributed by atoms with Crippen molar-refractivity contribution >= 4 is 11.9 Å². The maximum absolute atomic E-state index is 10.9. The molecule has 0 radical (unpaired) electrons. The van der Waals surface area contributed by atoms with Crippen molar-refractivity contribution < 1.29 is 5.11 Å². The van der Waals surface area contributed by atoms with Crippen LogP contribution in [0.1, 0.15) is 79.4 Å². The fourth-order valence-corrected chi connectivity index (χ4v) is 4.41. The molecule has 0 aromatic heterocycles. The van der Waals surface area contributed by atoms with E-state index in [2.05, 4.69) is 73.6 Å². The zero-order valence-corrected chi connectivity index (χ0v) is 17.8. The molecule has 3 aliphatic carbocycles. The topological polar surface area (TPSA) is 32.6 Å². The lowest BCUT2D eigenvalue weighted by atomic mass is 9.49. The van der Waals surface area contributed by atoms with Gasteiger partial charge in [0.25, 0.3) is 0 Å². The van der Waals surface area contributed by atoms with Gasteiger partial charge >= 0.3 is 0 Å². The Kier molecular flexibility index (Phi) is 4.41. The lowest BCUT2D eigenvalue weighted by Crippen LogP contribution is -2.48. The summed E-state index contributed by atoms with van der Waals surface area (Å²) in [5, 5.41) is 10.9. The number of rotatable bonds is 2. The number of hydrogen-bond acceptors (Lipinski definition) is 2. The van der Waals surface area contributed by atoms with E-state index in [0.717, 1.165) is 17.9 Å². The second-order valence-electron chi connectivity index (χ2n) is 10.9. The third-order valence-corrected chi connectivity index (χ3v) is 6.63. The van der Waals surface area contributed by atoms with E-state index < -0.39 is 0 Å². The molecule has 1 saturated carbocycles. The maximum Gasteiger partial charge on any atom is 0.144 e. The Morgan fingerprint density at radius 1 is 1.08 bits per heavy atom. The van der Waals surface area contributed by atoms with E-state index in [1.165, 1.54) is 17.6 Å². The average Bonchev–Trinajstić information content (AvgIpc) is 2.51. The van der Waals surface area contributed by atoms with Crippen LogP contribution in [0.15, 0.2) is 28.8 Å². The minimum absolute atomic E-state index is 0.0191. The van der Waals surface area contributed by atoms with E-state index in [-0.39, 0.29) is 10.8 Å². The van der Waals surface area contributed by atoms with Crippen LogP contribution in [0, 0.1) is 17.3 Å². The van der Waals surface area contributed by atoms with Gasteiger partial charge in [0, 0.05) is 11.8 Å². The highest BCUT2D eigenvalue weighted by Crippen LogP contribution is 2.58. The SMILES string of the molecule is CC(C)(C)c1cc(N=CC2=CCC3CC2C3(C)C)c(O)c(C(C)(C)C)c1. The molecule has 2 bridgehead atoms. The van der Waals surface area contributed by atoms with E-state index in [1.54, 1.807) is 0 Å². The summed E-state index contributed by atoms with van der Waals surface area (Å²) < 4.78 is 0. The summed E-state index contributed by atoms with van der Waals surface area (Å²) in [6.45, 7) is 17.8. The number of fused-ring (bicyclic) bond motifs is 1. The Hall–Kier alpha value is -1.57. The minimum Gasteiger partial charge on any atom is -0.505 e. The van der Waals surface area contributed by atoms with Crippen LogP contribution in [0.4, 0.5) is 5.69 Å². The van der Waals surface area contributed by atoms with Crippen LogP contribution >= 0.6 is 0 Å². The van der Waals surface area contributed by atoms with Crippen molar-refractivity contribution in [1.82, 2.24) is 0 Å². The van der Waals surface area contributed by atoms with Crippen molar-refractivity contribution in [1.29, 1.82) is 0 Å². The molecule has 0 amide bonds. The smallest absolute Gasteiger partial charge is 0.144 e. The number of nitrogens with zero attached hydrogens (tertiary/aromatic N) is 1. The Morgan fingerprint density at radius 2 is 1.73 bits per heavy atom. The van der Waals surface area contributed by atoms with Gasteiger partial charge in [0.2, 0.25) is 0 Å². The summed E-state index contributed by atoms with van der Waals surface area (Å²) in [6.07, 6.45) is 6.80. The molecule has 26 heavy (non-hydrogen) atoms. The lowest BCUT2D eigenvalue weighted by molar-refractivity contribution is -0.00123. The van der Waals surface area contributed by atoms with Gasteiger partial charge in [-0.25, -0.2) is 0 Å². The first-order valence-electron chi connectivity index (χ1n) is 9.94. The number of phenolic OH excluding ortho intramolecular Hbond substituents is 1. The monoisotopic (exact) mass is 353 g/mol. The van der Waals surface area contributed by atoms with E-state index >= 15 is 0 Å². The first-order chi connectivity index (χ1) is 11.8. The fourth-order valence-electron chi connectivity index (χ4n) is 4.41. The van der Waals surface area contributed by atoms with Crippen LogP contribution in [0.25, 0.3) is 0 Å². The number of aliphatic imine (C=N–C) groups is 1. The molecule has 1 N–H and O–H groups in total. The van der Waals surface area contributed by atoms with Gasteiger partial charge in [0.15, 0.2) is 0 Å². The lowest BCUT2D eigenvalue weighted by Gasteiger charge is -2.55. The molecule has 2 nitrogen and oxygen atoms in total. The summed E-state index contributed by atoms with van der Waals surface area (Å²) in [5.74, 6) is 1.76. The molecule has 1 aromatic carbocycles. The predicted molar refractivity (Wildman–Crippen MR) is 112 cm³/mol. The minimum atomic E-state index is -0.122. The van der Waals surface area contributed by atoms with Crippen molar-refractivity contribution in [3.63, 3.8) is 0 Å². The van der Waals surface area contributed by atoms with Crippen molar-refractivity contribution in [3.8, 4) is 5.75 Å². The summed E-state index contributed by atoms with van der Waals surface area (Å²) in [7, 11) is 0. The standard InChI is InChI=1S/C24H35NO/c1-22(2,3)17-12-19(23(4,5)6)21(26)20(13-17)25-14-15-9-10-16-11-18(15)24(16,7)8/h9,12-14,16,18,26H,10-11H2,1-8H3. The highest BCUT2D eigenvalue weighted by molar-refractivity contribution is 5.84. The summed E-state index contributed by atoms with van der Waals surface area (Å²) in [4.78, 5) is 4.78. The Morgan fingerprint density at radius 3 is 2.23 bits per heavy atom. The Bertz CT molecular complexity index is 769. The van der Waals surface area contributed by atoms with Crippen LogP contribution in [0.2, 0.25) is 0 Å². The van der Waals surface area contributed by atoms with Crippen LogP contribution in [0.3, 0.4) is 0 Å². The largest absolute Gasteiger partial charge is 0.505 e. The number of aromatic hydroxyl groups is 1. The zero-order chi connectivity index (χ0) is 19.5. The second-order valence-corrected chi connectivity index (χ2v) is 10.9. The van der Waals surface area contributed by atoms with Crippen molar-refractivity contribution in [3.05, 3.63) is 34.9 Å². The van der Waals surface area contributed by atoms with E-state index in [4.69, 9.17) is 4.99 Å². The molecule has 2 heteroatoms. The van der Waals surface area contributed by atoms with E-state index in [9.17, 15) is 5.11 Å². The third-order valence-electron chi connectivity index (χ3n) is 6.63. The maximum atomic E-state index is 10.9. The molecule has 2 atom stereocenters. The van der Waals surface area contributed by atoms with Crippen molar-refractivity contribution in [2.24, 2.45) is 22.2 Å². The third kappa shape index (κ3) is 3.23. The van der Waals surface area contributed by atoms with E-state index in [1.807, 2.05) is 6.21 Å². The van der Waals surface area contributed by atoms with Crippen molar-refractivity contribution in [2.75, 3.05) is 0 Å². The van der Waals surface area contributed by atoms with Crippen LogP contribution < -0.4 is 0 Å². The van der Waals surface area contributed by atoms with Gasteiger partial charge in [-0.2, -0.15) is 0 Å². The predicted octanol–water partition coefficient (Wildman–Crippen LogP) is 6.68. The molecule has 2 unspecified atom stereocenters.